The van der Waals surface area contributed by atoms with Gasteiger partial charge in [-0.05, 0) is 31.9 Å². The van der Waals surface area contributed by atoms with Gasteiger partial charge in [-0.3, -0.25) is 9.36 Å². The molecule has 0 N–H and O–H groups in total. The zero-order chi connectivity index (χ0) is 13.4. The molecular formula is C15H15NO3. The molecule has 1 heterocycles. The summed E-state index contributed by atoms with van der Waals surface area (Å²) in [6.07, 6.45) is 1.82. The van der Waals surface area contributed by atoms with E-state index in [9.17, 15) is 9.59 Å². The monoisotopic (exact) mass is 257 g/mol. The number of benzene rings is 1. The van der Waals surface area contributed by atoms with Crippen molar-refractivity contribution >= 4 is 22.8 Å². The van der Waals surface area contributed by atoms with Crippen LogP contribution in [-0.4, -0.2) is 23.1 Å². The summed E-state index contributed by atoms with van der Waals surface area (Å²) in [6.45, 7) is 2.06. The summed E-state index contributed by atoms with van der Waals surface area (Å²) in [5.74, 6) is -0.374. The number of hydrogen-bond acceptors (Lipinski definition) is 3. The minimum Gasteiger partial charge on any atom is -0.461 e. The van der Waals surface area contributed by atoms with Gasteiger partial charge in [-0.2, -0.15) is 0 Å². The van der Waals surface area contributed by atoms with Gasteiger partial charge in [0.25, 0.3) is 0 Å². The third kappa shape index (κ3) is 2.03. The molecule has 0 amide bonds. The lowest BCUT2D eigenvalue weighted by Crippen LogP contribution is -2.19. The van der Waals surface area contributed by atoms with Crippen LogP contribution in [0.1, 0.15) is 35.0 Å². The number of rotatable bonds is 3. The fourth-order valence-electron chi connectivity index (χ4n) is 2.26. The molecule has 1 aliphatic carbocycles. The molecule has 0 bridgehead atoms. The third-order valence-electron chi connectivity index (χ3n) is 3.34. The van der Waals surface area contributed by atoms with Crippen LogP contribution in [0.3, 0.4) is 0 Å². The van der Waals surface area contributed by atoms with Gasteiger partial charge in [0.15, 0.2) is 0 Å². The second-order valence-electron chi connectivity index (χ2n) is 4.76. The number of carbonyl (C=O) groups is 2. The van der Waals surface area contributed by atoms with E-state index in [4.69, 9.17) is 4.74 Å². The predicted molar refractivity (Wildman–Crippen MR) is 71.2 cm³/mol. The summed E-state index contributed by atoms with van der Waals surface area (Å²) in [5.41, 5.74) is 1.11. The maximum atomic E-state index is 12.4. The Hall–Kier alpha value is -2.10. The molecule has 4 nitrogen and oxygen atoms in total. The summed E-state index contributed by atoms with van der Waals surface area (Å²) in [4.78, 5) is 24.4. The first-order chi connectivity index (χ1) is 9.22. The van der Waals surface area contributed by atoms with Crippen LogP contribution in [0.5, 0.6) is 0 Å². The lowest BCUT2D eigenvalue weighted by Gasteiger charge is -2.07. The van der Waals surface area contributed by atoms with Crippen LogP contribution < -0.4 is 0 Å². The Morgan fingerprint density at radius 3 is 2.74 bits per heavy atom. The smallest absolute Gasteiger partial charge is 0.355 e. The quantitative estimate of drug-likeness (QED) is 0.794. The van der Waals surface area contributed by atoms with Gasteiger partial charge in [-0.1, -0.05) is 18.2 Å². The van der Waals surface area contributed by atoms with E-state index in [1.54, 1.807) is 13.0 Å². The van der Waals surface area contributed by atoms with Gasteiger partial charge in [-0.15, -0.1) is 0 Å². The van der Waals surface area contributed by atoms with Crippen LogP contribution in [0.25, 0.3) is 10.9 Å². The Kier molecular flexibility index (Phi) is 2.85. The van der Waals surface area contributed by atoms with E-state index in [0.29, 0.717) is 12.3 Å². The molecule has 1 fully saturated rings. The van der Waals surface area contributed by atoms with Crippen LogP contribution in [-0.2, 0) is 4.74 Å². The number of carbonyl (C=O) groups excluding carboxylic acids is 2. The molecule has 1 saturated carbocycles. The van der Waals surface area contributed by atoms with Crippen LogP contribution in [0.4, 0.5) is 0 Å². The first kappa shape index (κ1) is 12.0. The largest absolute Gasteiger partial charge is 0.461 e. The average molecular weight is 257 g/mol. The first-order valence-corrected chi connectivity index (χ1v) is 6.54. The van der Waals surface area contributed by atoms with Gasteiger partial charge >= 0.3 is 5.97 Å². The van der Waals surface area contributed by atoms with Crippen LogP contribution in [0.15, 0.2) is 30.3 Å². The van der Waals surface area contributed by atoms with E-state index in [-0.39, 0.29) is 11.8 Å². The van der Waals surface area contributed by atoms with Crippen molar-refractivity contribution in [3.8, 4) is 0 Å². The van der Waals surface area contributed by atoms with E-state index in [1.807, 2.05) is 24.3 Å². The van der Waals surface area contributed by atoms with Crippen molar-refractivity contribution in [2.24, 2.45) is 5.92 Å². The third-order valence-corrected chi connectivity index (χ3v) is 3.34. The van der Waals surface area contributed by atoms with E-state index < -0.39 is 5.97 Å². The molecule has 3 rings (SSSR count). The minimum absolute atomic E-state index is 0.00394. The highest BCUT2D eigenvalue weighted by Crippen LogP contribution is 2.33. The van der Waals surface area contributed by atoms with Crippen LogP contribution >= 0.6 is 0 Å². The van der Waals surface area contributed by atoms with Gasteiger partial charge in [0.05, 0.1) is 12.1 Å². The summed E-state index contributed by atoms with van der Waals surface area (Å²) in [7, 11) is 0. The summed E-state index contributed by atoms with van der Waals surface area (Å²) in [6, 6.07) is 9.25. The molecule has 0 spiro atoms. The molecule has 1 aromatic heterocycles. The normalized spacial score (nSPS) is 14.6. The molecule has 0 radical (unpaired) electrons. The highest BCUT2D eigenvalue weighted by Gasteiger charge is 2.34. The van der Waals surface area contributed by atoms with E-state index >= 15 is 0 Å². The first-order valence-electron chi connectivity index (χ1n) is 6.54. The van der Waals surface area contributed by atoms with Crippen LogP contribution in [0, 0.1) is 5.92 Å². The van der Waals surface area contributed by atoms with Gasteiger partial charge < -0.3 is 4.74 Å². The average Bonchev–Trinajstić information content (AvgIpc) is 3.18. The van der Waals surface area contributed by atoms with Gasteiger partial charge in [0.1, 0.15) is 5.69 Å². The van der Waals surface area contributed by atoms with Gasteiger partial charge in [-0.25, -0.2) is 4.79 Å². The van der Waals surface area contributed by atoms with Crippen molar-refractivity contribution in [1.29, 1.82) is 0 Å². The Labute approximate surface area is 111 Å². The zero-order valence-electron chi connectivity index (χ0n) is 10.8. The summed E-state index contributed by atoms with van der Waals surface area (Å²) in [5, 5.41) is 0.888. The van der Waals surface area contributed by atoms with E-state index in [2.05, 4.69) is 0 Å². The topological polar surface area (TPSA) is 48.3 Å². The number of aromatic nitrogens is 1. The second kappa shape index (κ2) is 4.53. The zero-order valence-corrected chi connectivity index (χ0v) is 10.8. The number of ether oxygens (including phenoxy) is 1. The fraction of sp³-hybridized carbons (Fsp3) is 0.333. The van der Waals surface area contributed by atoms with Crippen molar-refractivity contribution < 1.29 is 14.3 Å². The molecule has 98 valence electrons. The second-order valence-corrected chi connectivity index (χ2v) is 4.76. The maximum absolute atomic E-state index is 12.4. The predicted octanol–water partition coefficient (Wildman–Crippen LogP) is 2.87. The standard InChI is InChI=1S/C15H15NO3/c1-2-19-15(18)13-9-11-5-3-4-6-12(11)16(13)14(17)10-7-8-10/h3-6,9-10H,2,7-8H2,1H3. The highest BCUT2D eigenvalue weighted by molar-refractivity contribution is 6.04. The van der Waals surface area contributed by atoms with Crippen molar-refractivity contribution in [2.75, 3.05) is 6.61 Å². The van der Waals surface area contributed by atoms with Crippen molar-refractivity contribution in [2.45, 2.75) is 19.8 Å². The van der Waals surface area contributed by atoms with Crippen molar-refractivity contribution in [1.82, 2.24) is 4.57 Å². The van der Waals surface area contributed by atoms with Gasteiger partial charge in [0, 0.05) is 11.3 Å². The van der Waals surface area contributed by atoms with Crippen LogP contribution in [0.2, 0.25) is 0 Å². The summed E-state index contributed by atoms with van der Waals surface area (Å²) < 4.78 is 6.56. The number of nitrogens with zero attached hydrogens (tertiary/aromatic N) is 1. The van der Waals surface area contributed by atoms with Crippen molar-refractivity contribution in [3.63, 3.8) is 0 Å². The minimum atomic E-state index is -0.437. The molecular weight excluding hydrogens is 242 g/mol. The molecule has 2 aromatic rings. The summed E-state index contributed by atoms with van der Waals surface area (Å²) >= 11 is 0. The Morgan fingerprint density at radius 2 is 2.05 bits per heavy atom. The van der Waals surface area contributed by atoms with Crippen molar-refractivity contribution in [3.05, 3.63) is 36.0 Å². The Morgan fingerprint density at radius 1 is 1.32 bits per heavy atom. The number of hydrogen-bond donors (Lipinski definition) is 0. The Balaban J connectivity index is 2.16. The number of fused-ring (bicyclic) bond motifs is 1. The molecule has 1 aliphatic rings. The fourth-order valence-corrected chi connectivity index (χ4v) is 2.26. The number of para-hydroxylation sites is 1. The molecule has 1 aromatic carbocycles. The van der Waals surface area contributed by atoms with E-state index in [0.717, 1.165) is 23.7 Å². The lowest BCUT2D eigenvalue weighted by atomic mass is 10.2. The maximum Gasteiger partial charge on any atom is 0.355 e. The number of esters is 1. The molecule has 19 heavy (non-hydrogen) atoms. The molecule has 0 saturated heterocycles. The van der Waals surface area contributed by atoms with E-state index in [1.165, 1.54) is 4.57 Å². The molecule has 0 aliphatic heterocycles. The molecule has 0 atom stereocenters. The lowest BCUT2D eigenvalue weighted by molar-refractivity contribution is 0.0508. The Bertz CT molecular complexity index is 652. The highest BCUT2D eigenvalue weighted by atomic mass is 16.5. The van der Waals surface area contributed by atoms with Gasteiger partial charge in [0.2, 0.25) is 5.91 Å². The molecule has 0 unspecified atom stereocenters. The molecule has 4 heteroatoms. The SMILES string of the molecule is CCOC(=O)c1cc2ccccc2n1C(=O)C1CC1.